The molecule has 0 saturated carbocycles. The van der Waals surface area contributed by atoms with Gasteiger partial charge in [-0.05, 0) is 162 Å². The lowest BCUT2D eigenvalue weighted by Gasteiger charge is -2.13. The third-order valence-electron chi connectivity index (χ3n) is 17.4. The predicted molar refractivity (Wildman–Crippen MR) is 353 cm³/mol. The number of nitrogens with one attached hydrogen (secondary N) is 3. The number of fused-ring (bicyclic) bond motifs is 18. The van der Waals surface area contributed by atoms with Crippen LogP contribution in [0.2, 0.25) is 0 Å². The first-order chi connectivity index (χ1) is 42.9. The zero-order chi connectivity index (χ0) is 57.3. The van der Waals surface area contributed by atoms with E-state index in [1.807, 2.05) is 72.8 Å². The molecule has 12 heteroatoms. The number of nitrogens with zero attached hydrogens (tertiary/aromatic N) is 9. The van der Waals surface area contributed by atoms with E-state index in [2.05, 4.69) is 142 Å². The first-order valence-corrected chi connectivity index (χ1v) is 28.3. The van der Waals surface area contributed by atoms with E-state index in [9.17, 15) is 0 Å². The zero-order valence-electron chi connectivity index (χ0n) is 45.6. The van der Waals surface area contributed by atoms with E-state index in [1.165, 1.54) is 0 Å². The van der Waals surface area contributed by atoms with Gasteiger partial charge in [0.15, 0.2) is 0 Å². The number of aromatic nitrogens is 12. The van der Waals surface area contributed by atoms with Gasteiger partial charge in [0.25, 0.3) is 0 Å². The average molecular weight is 1110 g/mol. The summed E-state index contributed by atoms with van der Waals surface area (Å²) in [7, 11) is 0. The van der Waals surface area contributed by atoms with E-state index in [1.54, 1.807) is 0 Å². The Kier molecular flexibility index (Phi) is 9.26. The highest BCUT2D eigenvalue weighted by Gasteiger charge is 2.26. The lowest BCUT2D eigenvalue weighted by atomic mass is 10.0. The zero-order valence-corrected chi connectivity index (χ0v) is 45.6. The van der Waals surface area contributed by atoms with Crippen LogP contribution in [0.5, 0.6) is 0 Å². The molecule has 0 unspecified atom stereocenters. The second-order valence-corrected chi connectivity index (χ2v) is 22.1. The van der Waals surface area contributed by atoms with Gasteiger partial charge in [-0.1, -0.05) is 54.2 Å². The Labute approximate surface area is 492 Å². The van der Waals surface area contributed by atoms with Gasteiger partial charge in [-0.2, -0.15) is 0 Å². The summed E-state index contributed by atoms with van der Waals surface area (Å²) in [6.07, 6.45) is 30.1. The van der Waals surface area contributed by atoms with Crippen LogP contribution >= 0.6 is 0 Å². The Hall–Kier alpha value is -12.7. The molecule has 3 N–H and O–H groups in total. The van der Waals surface area contributed by atoms with Crippen molar-refractivity contribution in [3.05, 3.63) is 196 Å². The largest absolute Gasteiger partial charge is 0.354 e. The van der Waals surface area contributed by atoms with Crippen molar-refractivity contribution in [3.63, 3.8) is 0 Å². The number of rotatable bonds is 3. The number of H-pyrrole nitrogens is 3. The van der Waals surface area contributed by atoms with Crippen LogP contribution in [0, 0.1) is 37.0 Å². The fourth-order valence-corrected chi connectivity index (χ4v) is 13.2. The van der Waals surface area contributed by atoms with E-state index >= 15 is 0 Å². The molecule has 3 aliphatic heterocycles. The van der Waals surface area contributed by atoms with Crippen molar-refractivity contribution in [2.24, 2.45) is 0 Å². The van der Waals surface area contributed by atoms with Crippen molar-refractivity contribution in [3.8, 4) is 70.4 Å². The van der Waals surface area contributed by atoms with E-state index in [0.717, 1.165) is 133 Å². The second-order valence-electron chi connectivity index (χ2n) is 22.1. The van der Waals surface area contributed by atoms with Crippen molar-refractivity contribution < 1.29 is 0 Å². The van der Waals surface area contributed by atoms with E-state index in [-0.39, 0.29) is 0 Å². The van der Waals surface area contributed by atoms with Crippen LogP contribution in [0.3, 0.4) is 0 Å². The quantitative estimate of drug-likeness (QED) is 0.0888. The van der Waals surface area contributed by atoms with Crippen molar-refractivity contribution in [2.45, 2.75) is 0 Å². The maximum absolute atomic E-state index is 5.91. The monoisotopic (exact) mass is 1100 g/mol. The maximum atomic E-state index is 5.91. The number of hydrogen-bond acceptors (Lipinski definition) is 9. The number of aromatic amines is 3. The van der Waals surface area contributed by atoms with Crippen molar-refractivity contribution in [2.75, 3.05) is 0 Å². The van der Waals surface area contributed by atoms with Crippen LogP contribution in [0.25, 0.3) is 201 Å². The molecule has 16 aromatic rings. The summed E-state index contributed by atoms with van der Waals surface area (Å²) in [5, 5.41) is 4.75. The van der Waals surface area contributed by atoms with Crippen LogP contribution in [0.4, 0.5) is 0 Å². The van der Waals surface area contributed by atoms with Crippen LogP contribution in [-0.2, 0) is 0 Å². The van der Waals surface area contributed by atoms with Crippen LogP contribution < -0.4 is 0 Å². The van der Waals surface area contributed by atoms with Gasteiger partial charge in [0.05, 0.1) is 67.3 Å². The molecule has 0 aliphatic carbocycles. The summed E-state index contributed by atoms with van der Waals surface area (Å²) in [5.41, 5.74) is 23.9. The van der Waals surface area contributed by atoms with E-state index < -0.39 is 0 Å². The molecule has 9 aromatic heterocycles. The van der Waals surface area contributed by atoms with Gasteiger partial charge < -0.3 is 15.0 Å². The Morgan fingerprint density at radius 1 is 0.218 bits per heavy atom. The summed E-state index contributed by atoms with van der Waals surface area (Å²) in [6, 6.07) is 49.1. The number of terminal acetylenes is 3. The predicted octanol–water partition coefficient (Wildman–Crippen LogP) is 16.1. The maximum Gasteiger partial charge on any atom is 0.120 e. The van der Waals surface area contributed by atoms with Gasteiger partial charge in [-0.15, -0.1) is 19.3 Å². The third-order valence-corrected chi connectivity index (χ3v) is 17.4. The van der Waals surface area contributed by atoms with Gasteiger partial charge in [-0.3, -0.25) is 0 Å². The molecular formula is C75H36N12. The molecule has 12 nitrogen and oxygen atoms in total. The molecule has 87 heavy (non-hydrogen) atoms. The van der Waals surface area contributed by atoms with E-state index in [0.29, 0.717) is 83.3 Å². The molecule has 0 atom stereocenters. The molecule has 0 saturated heterocycles. The van der Waals surface area contributed by atoms with Crippen molar-refractivity contribution in [1.29, 1.82) is 0 Å². The molecular weight excluding hydrogens is 1070 g/mol. The van der Waals surface area contributed by atoms with Crippen molar-refractivity contribution >= 4 is 168 Å². The topological polar surface area (TPSA) is 163 Å². The Morgan fingerprint density at radius 3 is 0.713 bits per heavy atom. The Morgan fingerprint density at radius 2 is 0.448 bits per heavy atom. The first kappa shape index (κ1) is 46.9. The first-order valence-electron chi connectivity index (χ1n) is 28.3. The minimum Gasteiger partial charge on any atom is -0.354 e. The molecule has 7 aromatic carbocycles. The average Bonchev–Trinajstić information content (AvgIpc) is 1.32. The minimum absolute atomic E-state index is 0.502. The smallest absolute Gasteiger partial charge is 0.120 e. The lowest BCUT2D eigenvalue weighted by Crippen LogP contribution is -2.00. The van der Waals surface area contributed by atoms with Crippen LogP contribution in [-0.4, -0.2) is 59.8 Å². The highest BCUT2D eigenvalue weighted by molar-refractivity contribution is 6.26. The molecule has 396 valence electrons. The fourth-order valence-electron chi connectivity index (χ4n) is 13.2. The van der Waals surface area contributed by atoms with Gasteiger partial charge in [-0.25, -0.2) is 44.9 Å². The van der Waals surface area contributed by atoms with E-state index in [4.69, 9.17) is 64.1 Å². The van der Waals surface area contributed by atoms with Gasteiger partial charge in [0.2, 0.25) is 0 Å². The van der Waals surface area contributed by atoms with Gasteiger partial charge in [0, 0.05) is 98.8 Å². The minimum atomic E-state index is 0.502. The highest BCUT2D eigenvalue weighted by Crippen LogP contribution is 2.43. The third kappa shape index (κ3) is 6.68. The summed E-state index contributed by atoms with van der Waals surface area (Å²) in [6.45, 7) is 0. The summed E-state index contributed by atoms with van der Waals surface area (Å²) < 4.78 is 0. The molecule has 0 radical (unpaired) electrons. The molecule has 0 amide bonds. The molecule has 24 bridgehead atoms. The standard InChI is InChI=1S/C75H36N12/c1-4-37-7-13-40(14-8-37)61-55-31-25-49(76-55)43-19-21-45-51-27-33-57(78-51)62(41-15-9-38(5-2)10-16-41)59-35-29-53(80-59)47-23-24-48-54-30-36-60(81-54)63(42-17-11-39(6-3)12-18-42)58-34-28-52(79-58)46-22-20-44(50-26-32-56(61)77-50)65-67(46)85-73-71(83-65)70-72(84-66(45)64(43)82-70)74-75(73)87-69(48)68(47)86-74/h1-3,7-36,76,79-80H. The van der Waals surface area contributed by atoms with Crippen LogP contribution in [0.1, 0.15) is 50.9 Å². The number of hydrogen-bond donors (Lipinski definition) is 3. The summed E-state index contributed by atoms with van der Waals surface area (Å²) in [4.78, 5) is 62.8. The summed E-state index contributed by atoms with van der Waals surface area (Å²) in [5.74, 6) is 8.35. The summed E-state index contributed by atoms with van der Waals surface area (Å²) >= 11 is 0. The molecule has 0 spiro atoms. The van der Waals surface area contributed by atoms with Gasteiger partial charge in [0.1, 0.15) is 33.1 Å². The highest BCUT2D eigenvalue weighted by atomic mass is 14.9. The molecule has 12 heterocycles. The molecule has 3 aliphatic rings. The normalized spacial score (nSPS) is 12.7. The van der Waals surface area contributed by atoms with Crippen molar-refractivity contribution in [1.82, 2.24) is 59.8 Å². The van der Waals surface area contributed by atoms with Gasteiger partial charge >= 0.3 is 0 Å². The Bertz CT molecular complexity index is 5670. The van der Waals surface area contributed by atoms with Crippen LogP contribution in [0.15, 0.2) is 146 Å². The molecule has 19 rings (SSSR count). The lowest BCUT2D eigenvalue weighted by molar-refractivity contribution is 1.32. The Balaban J connectivity index is 1.08. The number of benzene rings is 7. The SMILES string of the molecule is C#Cc1ccc(-c2c3nc(c4ccc5c6ccc([nH]6)c(-c6ccc(C#C)cc6)c6nc(c7ccc8c9ccc([nH]9)c(-c9ccc(C#C)cc9)c9nc(c%10ccc(c%11ccc2[nH]%11)c2nc%11c(nc%102)c2nc8c7nc2c2nc5c4nc%112)C=C9)C=C6)C=C3)cc1. The second kappa shape index (κ2) is 17.2. The molecule has 0 fully saturated rings. The fraction of sp³-hybridized carbons (Fsp3) is 0.